The quantitative estimate of drug-likeness (QED) is 0.331. The Bertz CT molecular complexity index is 94.1. The lowest BCUT2D eigenvalue weighted by molar-refractivity contribution is 0.562. The SMILES string of the molecule is CCCCCCCCCNC(C)S. The molecule has 0 heterocycles. The van der Waals surface area contributed by atoms with Crippen molar-refractivity contribution in [2.45, 2.75) is 64.2 Å². The summed E-state index contributed by atoms with van der Waals surface area (Å²) in [5, 5.41) is 3.66. The summed E-state index contributed by atoms with van der Waals surface area (Å²) < 4.78 is 0. The van der Waals surface area contributed by atoms with E-state index in [1.807, 2.05) is 0 Å². The van der Waals surface area contributed by atoms with Crippen LogP contribution in [0, 0.1) is 0 Å². The molecule has 0 bridgehead atoms. The summed E-state index contributed by atoms with van der Waals surface area (Å²) in [4.78, 5) is 0. The summed E-state index contributed by atoms with van der Waals surface area (Å²) in [6, 6.07) is 0. The van der Waals surface area contributed by atoms with Gasteiger partial charge in [0.1, 0.15) is 0 Å². The van der Waals surface area contributed by atoms with Crippen molar-refractivity contribution in [1.29, 1.82) is 0 Å². The van der Waals surface area contributed by atoms with E-state index >= 15 is 0 Å². The third kappa shape index (κ3) is 12.3. The van der Waals surface area contributed by atoms with Gasteiger partial charge < -0.3 is 5.32 Å². The number of nitrogens with one attached hydrogen (secondary N) is 1. The summed E-state index contributed by atoms with van der Waals surface area (Å²) >= 11 is 4.26. The molecule has 2 heteroatoms. The van der Waals surface area contributed by atoms with Gasteiger partial charge in [-0.2, -0.15) is 12.6 Å². The Morgan fingerprint density at radius 2 is 1.54 bits per heavy atom. The molecule has 0 fully saturated rings. The highest BCUT2D eigenvalue weighted by molar-refractivity contribution is 7.80. The zero-order chi connectivity index (χ0) is 9.94. The lowest BCUT2D eigenvalue weighted by Gasteiger charge is -2.06. The number of thiol groups is 1. The van der Waals surface area contributed by atoms with Crippen molar-refractivity contribution >= 4 is 12.6 Å². The van der Waals surface area contributed by atoms with Crippen molar-refractivity contribution in [3.05, 3.63) is 0 Å². The molecule has 0 amide bonds. The Morgan fingerprint density at radius 3 is 2.08 bits per heavy atom. The second-order valence-electron chi connectivity index (χ2n) is 3.75. The molecule has 1 N–H and O–H groups in total. The maximum absolute atomic E-state index is 4.26. The molecule has 0 radical (unpaired) electrons. The van der Waals surface area contributed by atoms with Gasteiger partial charge in [0.15, 0.2) is 0 Å². The molecule has 0 aromatic rings. The second kappa shape index (κ2) is 10.4. The number of hydrogen-bond donors (Lipinski definition) is 2. The monoisotopic (exact) mass is 203 g/mol. The fourth-order valence-corrected chi connectivity index (χ4v) is 1.52. The van der Waals surface area contributed by atoms with Gasteiger partial charge in [0.05, 0.1) is 0 Å². The zero-order valence-corrected chi connectivity index (χ0v) is 10.1. The molecule has 0 saturated heterocycles. The van der Waals surface area contributed by atoms with E-state index in [9.17, 15) is 0 Å². The van der Waals surface area contributed by atoms with Gasteiger partial charge in [-0.15, -0.1) is 0 Å². The first-order chi connectivity index (χ1) is 6.27. The van der Waals surface area contributed by atoms with Crippen LogP contribution in [0.4, 0.5) is 0 Å². The molecule has 0 aromatic carbocycles. The van der Waals surface area contributed by atoms with Crippen molar-refractivity contribution in [2.24, 2.45) is 0 Å². The molecule has 0 aliphatic heterocycles. The fraction of sp³-hybridized carbons (Fsp3) is 1.00. The van der Waals surface area contributed by atoms with Gasteiger partial charge in [-0.25, -0.2) is 0 Å². The molecule has 80 valence electrons. The van der Waals surface area contributed by atoms with Crippen LogP contribution in [0.3, 0.4) is 0 Å². The maximum atomic E-state index is 4.26. The highest BCUT2D eigenvalue weighted by Crippen LogP contribution is 2.06. The average molecular weight is 203 g/mol. The topological polar surface area (TPSA) is 12.0 Å². The van der Waals surface area contributed by atoms with E-state index < -0.39 is 0 Å². The minimum atomic E-state index is 0.347. The highest BCUT2D eigenvalue weighted by Gasteiger charge is 1.93. The summed E-state index contributed by atoms with van der Waals surface area (Å²) in [6.45, 7) is 5.46. The lowest BCUT2D eigenvalue weighted by Crippen LogP contribution is -2.21. The van der Waals surface area contributed by atoms with Crippen LogP contribution < -0.4 is 5.32 Å². The Hall–Kier alpha value is 0.310. The van der Waals surface area contributed by atoms with Crippen molar-refractivity contribution in [3.63, 3.8) is 0 Å². The number of unbranched alkanes of at least 4 members (excludes halogenated alkanes) is 6. The van der Waals surface area contributed by atoms with Crippen LogP contribution in [-0.4, -0.2) is 11.9 Å². The van der Waals surface area contributed by atoms with E-state index in [2.05, 4.69) is 31.8 Å². The van der Waals surface area contributed by atoms with Crippen LogP contribution >= 0.6 is 12.6 Å². The Kier molecular flexibility index (Phi) is 10.6. The molecule has 1 atom stereocenters. The summed E-state index contributed by atoms with van der Waals surface area (Å²) in [7, 11) is 0. The van der Waals surface area contributed by atoms with E-state index in [-0.39, 0.29) is 0 Å². The molecule has 13 heavy (non-hydrogen) atoms. The van der Waals surface area contributed by atoms with Gasteiger partial charge >= 0.3 is 0 Å². The van der Waals surface area contributed by atoms with Gasteiger partial charge in [0.25, 0.3) is 0 Å². The Morgan fingerprint density at radius 1 is 1.00 bits per heavy atom. The highest BCUT2D eigenvalue weighted by atomic mass is 32.1. The molecule has 0 spiro atoms. The van der Waals surface area contributed by atoms with Crippen LogP contribution in [0.2, 0.25) is 0 Å². The largest absolute Gasteiger partial charge is 0.306 e. The van der Waals surface area contributed by atoms with Crippen molar-refractivity contribution in [2.75, 3.05) is 6.54 Å². The fourth-order valence-electron chi connectivity index (χ4n) is 1.39. The molecular formula is C11H25NS. The molecule has 0 aromatic heterocycles. The summed E-state index contributed by atoms with van der Waals surface area (Å²) in [5.41, 5.74) is 0. The van der Waals surface area contributed by atoms with E-state index in [0.717, 1.165) is 6.54 Å². The van der Waals surface area contributed by atoms with Gasteiger partial charge in [0, 0.05) is 5.37 Å². The minimum absolute atomic E-state index is 0.347. The van der Waals surface area contributed by atoms with Crippen LogP contribution in [0.15, 0.2) is 0 Å². The smallest absolute Gasteiger partial charge is 0.0473 e. The molecule has 0 aliphatic carbocycles. The van der Waals surface area contributed by atoms with Crippen molar-refractivity contribution < 1.29 is 0 Å². The third-order valence-corrected chi connectivity index (χ3v) is 2.40. The van der Waals surface area contributed by atoms with Gasteiger partial charge in [0.2, 0.25) is 0 Å². The van der Waals surface area contributed by atoms with Crippen LogP contribution in [0.5, 0.6) is 0 Å². The average Bonchev–Trinajstić information content (AvgIpc) is 2.09. The normalized spacial score (nSPS) is 13.2. The van der Waals surface area contributed by atoms with E-state index in [0.29, 0.717) is 5.37 Å². The van der Waals surface area contributed by atoms with Crippen molar-refractivity contribution in [1.82, 2.24) is 5.32 Å². The first kappa shape index (κ1) is 13.3. The van der Waals surface area contributed by atoms with Gasteiger partial charge in [-0.05, 0) is 19.9 Å². The number of rotatable bonds is 9. The maximum Gasteiger partial charge on any atom is 0.0473 e. The van der Waals surface area contributed by atoms with Crippen LogP contribution in [-0.2, 0) is 0 Å². The van der Waals surface area contributed by atoms with Gasteiger partial charge in [-0.3, -0.25) is 0 Å². The van der Waals surface area contributed by atoms with E-state index in [4.69, 9.17) is 0 Å². The van der Waals surface area contributed by atoms with Gasteiger partial charge in [-0.1, -0.05) is 45.4 Å². The minimum Gasteiger partial charge on any atom is -0.306 e. The predicted octanol–water partition coefficient (Wildman–Crippen LogP) is 3.60. The Labute approximate surface area is 89.1 Å². The number of hydrogen-bond acceptors (Lipinski definition) is 2. The van der Waals surface area contributed by atoms with Crippen molar-refractivity contribution in [3.8, 4) is 0 Å². The molecule has 0 aliphatic rings. The van der Waals surface area contributed by atoms with Crippen LogP contribution in [0.25, 0.3) is 0 Å². The Balaban J connectivity index is 2.84. The third-order valence-electron chi connectivity index (χ3n) is 2.22. The summed E-state index contributed by atoms with van der Waals surface area (Å²) in [5.74, 6) is 0. The molecular weight excluding hydrogens is 178 g/mol. The molecule has 1 unspecified atom stereocenters. The van der Waals surface area contributed by atoms with Crippen LogP contribution in [0.1, 0.15) is 58.8 Å². The van der Waals surface area contributed by atoms with E-state index in [1.54, 1.807) is 0 Å². The molecule has 1 nitrogen and oxygen atoms in total. The summed E-state index contributed by atoms with van der Waals surface area (Å²) in [6.07, 6.45) is 9.68. The van der Waals surface area contributed by atoms with E-state index in [1.165, 1.54) is 44.9 Å². The zero-order valence-electron chi connectivity index (χ0n) is 9.18. The lowest BCUT2D eigenvalue weighted by atomic mass is 10.1. The molecule has 0 rings (SSSR count). The first-order valence-corrected chi connectivity index (χ1v) is 6.20. The molecule has 0 saturated carbocycles. The second-order valence-corrected chi connectivity index (χ2v) is 4.53. The standard InChI is InChI=1S/C11H25NS/c1-3-4-5-6-7-8-9-10-12-11(2)13/h11-13H,3-10H2,1-2H3. The predicted molar refractivity (Wildman–Crippen MR) is 64.4 cm³/mol. The first-order valence-electron chi connectivity index (χ1n) is 5.68.